The summed E-state index contributed by atoms with van der Waals surface area (Å²) < 4.78 is 41.9. The van der Waals surface area contributed by atoms with E-state index in [1.165, 1.54) is 17.1 Å². The molecule has 170 valence electrons. The summed E-state index contributed by atoms with van der Waals surface area (Å²) in [5.74, 6) is -0.650. The predicted octanol–water partition coefficient (Wildman–Crippen LogP) is -0.119. The number of amides is 4. The van der Waals surface area contributed by atoms with E-state index in [1.54, 1.807) is 39.0 Å². The number of hydrazine groups is 1. The molecule has 2 aliphatic rings. The van der Waals surface area contributed by atoms with E-state index >= 15 is 0 Å². The zero-order valence-corrected chi connectivity index (χ0v) is 18.0. The number of aromatic nitrogens is 1. The average Bonchev–Trinajstić information content (AvgIpc) is 2.89. The number of carbonyl (C=O) groups excluding carboxylic acids is 3. The molecule has 0 spiro atoms. The van der Waals surface area contributed by atoms with E-state index in [-0.39, 0.29) is 19.4 Å². The Morgan fingerprint density at radius 2 is 1.87 bits per heavy atom. The summed E-state index contributed by atoms with van der Waals surface area (Å²) in [4.78, 5) is 39.4. The lowest BCUT2D eigenvalue weighted by atomic mass is 10.0. The molecular weight excluding hydrogens is 434 g/mol. The van der Waals surface area contributed by atoms with Gasteiger partial charge in [-0.3, -0.25) is 9.35 Å². The van der Waals surface area contributed by atoms with Crippen LogP contribution in [0.3, 0.4) is 0 Å². The summed E-state index contributed by atoms with van der Waals surface area (Å²) in [7, 11) is -4.90. The first-order chi connectivity index (χ1) is 14.4. The summed E-state index contributed by atoms with van der Waals surface area (Å²) in [5.41, 5.74) is 1.57. The second-order valence-electron chi connectivity index (χ2n) is 8.03. The van der Waals surface area contributed by atoms with Crippen molar-refractivity contribution < 1.29 is 41.1 Å². The quantitative estimate of drug-likeness (QED) is 0.360. The summed E-state index contributed by atoms with van der Waals surface area (Å²) in [6, 6.07) is 2.45. The lowest BCUT2D eigenvalue weighted by Gasteiger charge is -2.31. The number of nitrogens with one attached hydrogen (secondary N) is 1. The summed E-state index contributed by atoms with van der Waals surface area (Å²) in [6.45, 7) is 5.03. The highest BCUT2D eigenvalue weighted by Gasteiger charge is 2.51. The number of fused-ring (bicyclic) bond motifs is 2. The number of piperidine rings is 1. The molecule has 13 nitrogen and oxygen atoms in total. The largest absolute Gasteiger partial charge is 0.442 e. The molecule has 0 aliphatic carbocycles. The van der Waals surface area contributed by atoms with E-state index in [1.807, 2.05) is 0 Å². The number of rotatable bonds is 4. The molecule has 14 heteroatoms. The van der Waals surface area contributed by atoms with Crippen LogP contribution in [0.1, 0.15) is 33.6 Å². The van der Waals surface area contributed by atoms with Crippen molar-refractivity contribution in [2.24, 2.45) is 0 Å². The van der Waals surface area contributed by atoms with Gasteiger partial charge in [-0.25, -0.2) is 9.59 Å². The maximum atomic E-state index is 13.3. The number of hydroxylamine groups is 2. The van der Waals surface area contributed by atoms with Crippen LogP contribution < -0.4 is 15.2 Å². The van der Waals surface area contributed by atoms with Gasteiger partial charge in [0.1, 0.15) is 11.6 Å². The van der Waals surface area contributed by atoms with Crippen molar-refractivity contribution >= 4 is 28.4 Å². The topological polar surface area (TPSA) is 150 Å². The van der Waals surface area contributed by atoms with Crippen molar-refractivity contribution in [2.75, 3.05) is 11.7 Å². The summed E-state index contributed by atoms with van der Waals surface area (Å²) >= 11 is 0. The van der Waals surface area contributed by atoms with Gasteiger partial charge in [-0.2, -0.15) is 18.9 Å². The van der Waals surface area contributed by atoms with E-state index in [2.05, 4.69) is 9.71 Å². The number of hydrogen-bond acceptors (Lipinski definition) is 7. The molecule has 0 saturated carbocycles. The summed E-state index contributed by atoms with van der Waals surface area (Å²) in [6.07, 6.45) is 2.57. The number of hydrogen-bond donors (Lipinski definition) is 2. The van der Waals surface area contributed by atoms with Crippen LogP contribution in [-0.4, -0.2) is 65.2 Å². The van der Waals surface area contributed by atoms with E-state index in [4.69, 9.17) is 9.29 Å². The Hall–Kier alpha value is -2.97. The second-order valence-corrected chi connectivity index (χ2v) is 9.03. The zero-order valence-electron chi connectivity index (χ0n) is 17.2. The Bertz CT molecular complexity index is 964. The molecule has 0 aromatic carbocycles. The number of ether oxygens (including phenoxy) is 1. The first-order valence-electron chi connectivity index (χ1n) is 9.43. The molecule has 2 aliphatic heterocycles. The lowest BCUT2D eigenvalue weighted by molar-refractivity contribution is -0.688. The highest BCUT2D eigenvalue weighted by molar-refractivity contribution is 7.80. The van der Waals surface area contributed by atoms with Gasteiger partial charge in [-0.05, 0) is 38.7 Å². The third-order valence-corrected chi connectivity index (χ3v) is 4.87. The van der Waals surface area contributed by atoms with Crippen LogP contribution in [0.15, 0.2) is 30.6 Å². The third kappa shape index (κ3) is 5.39. The van der Waals surface area contributed by atoms with Crippen molar-refractivity contribution in [3.8, 4) is 0 Å². The minimum atomic E-state index is -4.90. The molecular formula is C17H24N5O8S+. The molecule has 0 unspecified atom stereocenters. The first-order valence-corrected chi connectivity index (χ1v) is 10.8. The third-order valence-electron chi connectivity index (χ3n) is 4.52. The predicted molar refractivity (Wildman–Crippen MR) is 103 cm³/mol. The lowest BCUT2D eigenvalue weighted by Crippen LogP contribution is -2.72. The van der Waals surface area contributed by atoms with Crippen molar-refractivity contribution in [3.05, 3.63) is 30.6 Å². The van der Waals surface area contributed by atoms with Gasteiger partial charge >= 0.3 is 28.4 Å². The number of urea groups is 1. The Labute approximate surface area is 179 Å². The van der Waals surface area contributed by atoms with Crippen LogP contribution in [0.4, 0.5) is 9.59 Å². The van der Waals surface area contributed by atoms with Crippen molar-refractivity contribution in [1.29, 1.82) is 0 Å². The van der Waals surface area contributed by atoms with Gasteiger partial charge in [0.2, 0.25) is 12.4 Å². The Morgan fingerprint density at radius 3 is 2.45 bits per heavy atom. The van der Waals surface area contributed by atoms with Gasteiger partial charge in [0.05, 0.1) is 6.04 Å². The van der Waals surface area contributed by atoms with Crippen LogP contribution in [0.5, 0.6) is 0 Å². The molecule has 2 atom stereocenters. The number of carbonyl (C=O) groups is 3. The molecule has 31 heavy (non-hydrogen) atoms. The minimum absolute atomic E-state index is 0.0183. The number of nitrogens with zero attached hydrogens (tertiary/aromatic N) is 4. The molecule has 3 heterocycles. The molecule has 4 amide bonds. The van der Waals surface area contributed by atoms with E-state index < -0.39 is 46.1 Å². The van der Waals surface area contributed by atoms with Gasteiger partial charge in [0, 0.05) is 18.7 Å². The Morgan fingerprint density at radius 1 is 1.23 bits per heavy atom. The molecule has 3 rings (SSSR count). The maximum Gasteiger partial charge on any atom is 0.431 e. The van der Waals surface area contributed by atoms with Gasteiger partial charge in [0.25, 0.3) is 0 Å². The van der Waals surface area contributed by atoms with E-state index in [0.717, 1.165) is 10.0 Å². The van der Waals surface area contributed by atoms with Gasteiger partial charge in [-0.1, -0.05) is 10.7 Å². The average molecular weight is 458 g/mol. The first kappa shape index (κ1) is 22.7. The molecule has 1 aromatic heterocycles. The molecule has 2 bridgehead atoms. The molecule has 0 radical (unpaired) electrons. The monoisotopic (exact) mass is 458 g/mol. The highest BCUT2D eigenvalue weighted by Crippen LogP contribution is 2.31. The van der Waals surface area contributed by atoms with E-state index in [9.17, 15) is 22.8 Å². The molecule has 2 fully saturated rings. The van der Waals surface area contributed by atoms with Gasteiger partial charge in [0.15, 0.2) is 0 Å². The van der Waals surface area contributed by atoms with Crippen LogP contribution >= 0.6 is 0 Å². The standard InChI is InChI=1S/C17H23N5O8S/c1-17(2,3)29-15(24)18-22(19-9-5-4-6-10-19)14(23)13-8-7-12-11-20(13)16(25)21(12)30-31(26,27)28/h4-6,9-10,12-13H,7-8,11H2,1-3H3,(H-,18,24,26,27,28)/p+1/t12-,13+/m1/s1. The van der Waals surface area contributed by atoms with Crippen molar-refractivity contribution in [2.45, 2.75) is 51.3 Å². The van der Waals surface area contributed by atoms with Gasteiger partial charge < -0.3 is 9.64 Å². The minimum Gasteiger partial charge on any atom is -0.442 e. The van der Waals surface area contributed by atoms with Crippen LogP contribution in [-0.2, 0) is 24.2 Å². The van der Waals surface area contributed by atoms with Gasteiger partial charge in [-0.15, -0.1) is 4.28 Å². The van der Waals surface area contributed by atoms with Crippen molar-refractivity contribution in [1.82, 2.24) is 15.4 Å². The summed E-state index contributed by atoms with van der Waals surface area (Å²) in [5, 5.41) is 1.46. The SMILES string of the molecule is CC(C)(C)OC(=O)NN(C(=O)[C@@H]1CC[C@@H]2CN1C(=O)N2OS(=O)(=O)O)[n+]1ccccc1. The fraction of sp³-hybridized carbons (Fsp3) is 0.529. The zero-order chi connectivity index (χ0) is 23.0. The normalized spacial score (nSPS) is 21.1. The molecule has 2 N–H and O–H groups in total. The van der Waals surface area contributed by atoms with Crippen molar-refractivity contribution in [3.63, 3.8) is 0 Å². The van der Waals surface area contributed by atoms with E-state index in [0.29, 0.717) is 5.06 Å². The molecule has 1 aromatic rings. The molecule has 2 saturated heterocycles. The Balaban J connectivity index is 1.83. The fourth-order valence-corrected chi connectivity index (χ4v) is 3.75. The maximum absolute atomic E-state index is 13.3. The smallest absolute Gasteiger partial charge is 0.431 e. The van der Waals surface area contributed by atoms with Crippen LogP contribution in [0, 0.1) is 0 Å². The Kier molecular flexibility index (Phi) is 6.07. The number of pyridine rings is 1. The fourth-order valence-electron chi connectivity index (χ4n) is 3.37. The highest BCUT2D eigenvalue weighted by atomic mass is 32.3. The van der Waals surface area contributed by atoms with Crippen LogP contribution in [0.25, 0.3) is 0 Å². The van der Waals surface area contributed by atoms with Crippen LogP contribution in [0.2, 0.25) is 0 Å². The second kappa shape index (κ2) is 8.28.